The van der Waals surface area contributed by atoms with Gasteiger partial charge in [-0.05, 0) is 52.2 Å². The van der Waals surface area contributed by atoms with Crippen LogP contribution in [0.2, 0.25) is 0 Å². The molecule has 0 fully saturated rings. The summed E-state index contributed by atoms with van der Waals surface area (Å²) in [5.74, 6) is -0.948. The first-order chi connectivity index (χ1) is 14.2. The number of aliphatic carboxylic acids is 1. The number of carboxylic acids is 1. The number of hydrogen-bond acceptors (Lipinski definition) is 7. The highest BCUT2D eigenvalue weighted by molar-refractivity contribution is 7.86. The van der Waals surface area contributed by atoms with Gasteiger partial charge in [-0.2, -0.15) is 8.42 Å². The number of carboxylic acid groups (broad SMARTS) is 1. The lowest BCUT2D eigenvalue weighted by molar-refractivity contribution is -0.315. The van der Waals surface area contributed by atoms with E-state index in [1.54, 1.807) is 12.1 Å². The molecule has 3 aromatic carbocycles. The van der Waals surface area contributed by atoms with Crippen LogP contribution < -0.4 is 14.6 Å². The molecule has 0 saturated carbocycles. The van der Waals surface area contributed by atoms with Crippen LogP contribution in [-0.4, -0.2) is 33.9 Å². The molecule has 30 heavy (non-hydrogen) atoms. The van der Waals surface area contributed by atoms with E-state index in [0.717, 1.165) is 33.8 Å². The van der Waals surface area contributed by atoms with E-state index in [1.165, 1.54) is 7.11 Å². The summed E-state index contributed by atoms with van der Waals surface area (Å²) in [4.78, 5) is 11.0. The molecule has 0 aliphatic carbocycles. The number of methoxy groups -OCH3 is 1. The topological polar surface area (TPSA) is 105 Å². The molecular formula is C22H22NO6S-. The van der Waals surface area contributed by atoms with Crippen molar-refractivity contribution < 1.29 is 27.2 Å². The fourth-order valence-electron chi connectivity index (χ4n) is 3.05. The van der Waals surface area contributed by atoms with E-state index in [4.69, 9.17) is 8.92 Å². The number of hydrogen-bond donors (Lipinski definition) is 1. The fourth-order valence-corrected chi connectivity index (χ4v) is 3.50. The smallest absolute Gasteiger partial charge is 0.306 e. The van der Waals surface area contributed by atoms with E-state index >= 15 is 0 Å². The number of carbonyl (C=O) groups is 1. The fraction of sp³-hybridized carbons (Fsp3) is 0.227. The number of benzene rings is 3. The zero-order valence-corrected chi connectivity index (χ0v) is 17.4. The van der Waals surface area contributed by atoms with E-state index in [2.05, 4.69) is 5.32 Å². The number of rotatable bonds is 9. The van der Waals surface area contributed by atoms with Gasteiger partial charge in [0.2, 0.25) is 0 Å². The average molecular weight is 428 g/mol. The second-order valence-electron chi connectivity index (χ2n) is 6.93. The first kappa shape index (κ1) is 21.6. The van der Waals surface area contributed by atoms with Gasteiger partial charge in [0.05, 0.1) is 12.2 Å². The van der Waals surface area contributed by atoms with Crippen LogP contribution in [0.5, 0.6) is 5.75 Å². The molecule has 8 heteroatoms. The summed E-state index contributed by atoms with van der Waals surface area (Å²) < 4.78 is 32.3. The molecule has 0 spiro atoms. The van der Waals surface area contributed by atoms with Gasteiger partial charge in [-0.1, -0.05) is 30.3 Å². The first-order valence-corrected chi connectivity index (χ1v) is 11.0. The minimum Gasteiger partial charge on any atom is -0.547 e. The Morgan fingerprint density at radius 2 is 1.63 bits per heavy atom. The quantitative estimate of drug-likeness (QED) is 0.520. The van der Waals surface area contributed by atoms with Gasteiger partial charge >= 0.3 is 10.1 Å². The highest BCUT2D eigenvalue weighted by Crippen LogP contribution is 2.23. The van der Waals surface area contributed by atoms with Gasteiger partial charge in [-0.3, -0.25) is 0 Å². The van der Waals surface area contributed by atoms with Crippen molar-refractivity contribution in [2.24, 2.45) is 0 Å². The lowest BCUT2D eigenvalue weighted by Crippen LogP contribution is -2.38. The minimum atomic E-state index is -3.56. The third-order valence-electron chi connectivity index (χ3n) is 4.54. The van der Waals surface area contributed by atoms with Crippen molar-refractivity contribution in [1.82, 2.24) is 0 Å². The van der Waals surface area contributed by atoms with Crippen LogP contribution in [0.25, 0.3) is 10.8 Å². The van der Waals surface area contributed by atoms with Crippen LogP contribution in [0, 0.1) is 0 Å². The van der Waals surface area contributed by atoms with Crippen LogP contribution in [0.4, 0.5) is 5.69 Å². The van der Waals surface area contributed by atoms with Gasteiger partial charge in [0.15, 0.2) is 0 Å². The van der Waals surface area contributed by atoms with Gasteiger partial charge in [0.1, 0.15) is 11.9 Å². The lowest BCUT2D eigenvalue weighted by Gasteiger charge is -2.16. The highest BCUT2D eigenvalue weighted by atomic mass is 32.2. The molecule has 0 bridgehead atoms. The molecule has 0 aliphatic heterocycles. The maximum Gasteiger partial charge on any atom is 0.306 e. The second-order valence-corrected chi connectivity index (χ2v) is 8.50. The Morgan fingerprint density at radius 1 is 1.00 bits per heavy atom. The van der Waals surface area contributed by atoms with Gasteiger partial charge in [0, 0.05) is 25.8 Å². The highest BCUT2D eigenvalue weighted by Gasteiger charge is 2.09. The van der Waals surface area contributed by atoms with Crippen molar-refractivity contribution in [1.29, 1.82) is 0 Å². The number of carbonyl (C=O) groups excluding carboxylic acids is 1. The number of nitrogens with one attached hydrogen (secondary N) is 1. The monoisotopic (exact) mass is 428 g/mol. The van der Waals surface area contributed by atoms with Crippen molar-refractivity contribution in [3.63, 3.8) is 0 Å². The predicted molar refractivity (Wildman–Crippen MR) is 113 cm³/mol. The van der Waals surface area contributed by atoms with E-state index in [0.29, 0.717) is 6.54 Å². The van der Waals surface area contributed by atoms with Crippen molar-refractivity contribution >= 4 is 32.5 Å². The first-order valence-electron chi connectivity index (χ1n) is 9.22. The van der Waals surface area contributed by atoms with E-state index in [9.17, 15) is 18.3 Å². The third kappa shape index (κ3) is 5.95. The molecule has 158 valence electrons. The third-order valence-corrected chi connectivity index (χ3v) is 5.04. The van der Waals surface area contributed by atoms with Crippen LogP contribution in [0.15, 0.2) is 60.7 Å². The zero-order valence-electron chi connectivity index (χ0n) is 16.6. The zero-order chi connectivity index (χ0) is 21.7. The Balaban J connectivity index is 1.64. The molecule has 0 radical (unpaired) electrons. The van der Waals surface area contributed by atoms with Gasteiger partial charge < -0.3 is 24.1 Å². The van der Waals surface area contributed by atoms with Crippen LogP contribution >= 0.6 is 0 Å². The SMILES string of the molecule is CO[C@@H](Cc1ccc(NCc2ccc3cc(OS(C)(=O)=O)ccc3c2)cc1)C(=O)[O-]. The van der Waals surface area contributed by atoms with E-state index < -0.39 is 22.2 Å². The molecular weight excluding hydrogens is 406 g/mol. The largest absolute Gasteiger partial charge is 0.547 e. The average Bonchev–Trinajstić information content (AvgIpc) is 2.70. The Kier molecular flexibility index (Phi) is 6.59. The summed E-state index contributed by atoms with van der Waals surface area (Å²) in [5.41, 5.74) is 2.80. The Labute approximate surface area is 175 Å². The van der Waals surface area contributed by atoms with Crippen molar-refractivity contribution in [3.05, 3.63) is 71.8 Å². The summed E-state index contributed by atoms with van der Waals surface area (Å²) in [7, 11) is -2.21. The summed E-state index contributed by atoms with van der Waals surface area (Å²) in [6.45, 7) is 0.594. The van der Waals surface area contributed by atoms with Gasteiger partial charge in [-0.25, -0.2) is 0 Å². The summed E-state index contributed by atoms with van der Waals surface area (Å²) >= 11 is 0. The van der Waals surface area contributed by atoms with Crippen molar-refractivity contribution in [3.8, 4) is 5.75 Å². The van der Waals surface area contributed by atoms with Crippen molar-refractivity contribution in [2.45, 2.75) is 19.1 Å². The summed E-state index contributed by atoms with van der Waals surface area (Å²) in [6, 6.07) is 18.5. The Morgan fingerprint density at radius 3 is 2.27 bits per heavy atom. The maximum atomic E-state index is 11.3. The molecule has 0 unspecified atom stereocenters. The van der Waals surface area contributed by atoms with Gasteiger partial charge in [0.25, 0.3) is 0 Å². The van der Waals surface area contributed by atoms with Crippen LogP contribution in [0.3, 0.4) is 0 Å². The molecule has 0 aliphatic rings. The lowest BCUT2D eigenvalue weighted by atomic mass is 10.1. The second kappa shape index (κ2) is 9.15. The van der Waals surface area contributed by atoms with Gasteiger partial charge in [-0.15, -0.1) is 0 Å². The normalized spacial score (nSPS) is 12.5. The molecule has 3 rings (SSSR count). The Hall–Kier alpha value is -3.10. The van der Waals surface area contributed by atoms with Crippen LogP contribution in [0.1, 0.15) is 11.1 Å². The summed E-state index contributed by atoms with van der Waals surface area (Å²) in [5, 5.41) is 16.1. The van der Waals surface area contributed by atoms with E-state index in [-0.39, 0.29) is 12.2 Å². The van der Waals surface area contributed by atoms with E-state index in [1.807, 2.05) is 48.5 Å². The number of ether oxygens (including phenoxy) is 1. The molecule has 0 amide bonds. The minimum absolute atomic E-state index is 0.245. The molecule has 0 aromatic heterocycles. The summed E-state index contributed by atoms with van der Waals surface area (Å²) in [6.07, 6.45) is 0.289. The number of fused-ring (bicyclic) bond motifs is 1. The molecule has 0 saturated heterocycles. The molecule has 7 nitrogen and oxygen atoms in total. The molecule has 3 aromatic rings. The van der Waals surface area contributed by atoms with Crippen molar-refractivity contribution in [2.75, 3.05) is 18.7 Å². The molecule has 0 heterocycles. The standard InChI is InChI=1S/C22H23NO6S/c1-28-21(22(24)25)12-15-4-8-19(9-5-15)23-14-16-3-6-18-13-20(29-30(2,26)27)10-7-17(18)11-16/h3-11,13,21,23H,12,14H2,1-2H3,(H,24,25)/p-1/t21-/m0/s1. The van der Waals surface area contributed by atoms with Crippen LogP contribution in [-0.2, 0) is 32.6 Å². The predicted octanol–water partition coefficient (Wildman–Crippen LogP) is 2.10. The number of anilines is 1. The maximum absolute atomic E-state index is 11.3. The molecule has 1 N–H and O–H groups in total. The Bertz CT molecular complexity index is 1140. The molecule has 1 atom stereocenters.